The van der Waals surface area contributed by atoms with Crippen LogP contribution in [0.5, 0.6) is 0 Å². The van der Waals surface area contributed by atoms with E-state index in [1.54, 1.807) is 0 Å². The van der Waals surface area contributed by atoms with Gasteiger partial charge in [-0.3, -0.25) is 0 Å². The van der Waals surface area contributed by atoms with Crippen molar-refractivity contribution in [2.75, 3.05) is 0 Å². The lowest BCUT2D eigenvalue weighted by atomic mass is 9.96. The molecule has 0 heterocycles. The predicted octanol–water partition coefficient (Wildman–Crippen LogP) is 5.92. The van der Waals surface area contributed by atoms with Gasteiger partial charge in [0.2, 0.25) is 0 Å². The summed E-state index contributed by atoms with van der Waals surface area (Å²) in [5.74, 6) is 0. The molecule has 0 radical (unpaired) electrons. The molecule has 0 aromatic heterocycles. The first-order chi connectivity index (χ1) is 12.8. The molecule has 4 aromatic rings. The van der Waals surface area contributed by atoms with Crippen LogP contribution in [0.3, 0.4) is 0 Å². The third-order valence-corrected chi connectivity index (χ3v) is 5.25. The molecule has 0 aliphatic carbocycles. The maximum atomic E-state index is 10.5. The van der Waals surface area contributed by atoms with Gasteiger partial charge in [-0.05, 0) is 58.4 Å². The third kappa shape index (κ3) is 3.63. The summed E-state index contributed by atoms with van der Waals surface area (Å²) in [6, 6.07) is 29.8. The molecule has 0 aliphatic rings. The SMILES string of the molecule is OC(CCc1cccc2ccccc12)CCc1cccc2ccccc12. The van der Waals surface area contributed by atoms with Crippen LogP contribution in [0.15, 0.2) is 84.9 Å². The molecule has 4 aromatic carbocycles. The van der Waals surface area contributed by atoms with E-state index in [0.717, 1.165) is 25.7 Å². The maximum Gasteiger partial charge on any atom is 0.0546 e. The molecule has 26 heavy (non-hydrogen) atoms. The molecule has 4 rings (SSSR count). The summed E-state index contributed by atoms with van der Waals surface area (Å²) in [6.07, 6.45) is 3.17. The zero-order valence-corrected chi connectivity index (χ0v) is 14.9. The number of hydrogen-bond acceptors (Lipinski definition) is 1. The van der Waals surface area contributed by atoms with Crippen LogP contribution in [0.25, 0.3) is 21.5 Å². The number of hydrogen-bond donors (Lipinski definition) is 1. The molecule has 1 heteroatoms. The Hall–Kier alpha value is -2.64. The number of benzene rings is 4. The second-order valence-electron chi connectivity index (χ2n) is 7.01. The minimum Gasteiger partial charge on any atom is -0.393 e. The second-order valence-corrected chi connectivity index (χ2v) is 7.01. The molecule has 0 atom stereocenters. The molecule has 0 amide bonds. The van der Waals surface area contributed by atoms with Crippen LogP contribution in [0.4, 0.5) is 0 Å². The van der Waals surface area contributed by atoms with E-state index in [9.17, 15) is 5.11 Å². The number of aryl methyl sites for hydroxylation is 2. The van der Waals surface area contributed by atoms with E-state index >= 15 is 0 Å². The molecular formula is C25H24O. The summed E-state index contributed by atoms with van der Waals surface area (Å²) in [5.41, 5.74) is 2.65. The van der Waals surface area contributed by atoms with Crippen LogP contribution in [0.2, 0.25) is 0 Å². The summed E-state index contributed by atoms with van der Waals surface area (Å²) < 4.78 is 0. The van der Waals surface area contributed by atoms with Crippen molar-refractivity contribution in [1.82, 2.24) is 0 Å². The lowest BCUT2D eigenvalue weighted by Gasteiger charge is -2.13. The fourth-order valence-electron chi connectivity index (χ4n) is 3.81. The van der Waals surface area contributed by atoms with Gasteiger partial charge < -0.3 is 5.11 Å². The molecular weight excluding hydrogens is 316 g/mol. The Morgan fingerprint density at radius 1 is 0.538 bits per heavy atom. The van der Waals surface area contributed by atoms with Gasteiger partial charge in [0.1, 0.15) is 0 Å². The molecule has 1 N–H and O–H groups in total. The Labute approximate surface area is 154 Å². The predicted molar refractivity (Wildman–Crippen MR) is 111 cm³/mol. The van der Waals surface area contributed by atoms with Gasteiger partial charge in [0, 0.05) is 0 Å². The van der Waals surface area contributed by atoms with Gasteiger partial charge in [0.05, 0.1) is 6.10 Å². The van der Waals surface area contributed by atoms with E-state index < -0.39 is 0 Å². The highest BCUT2D eigenvalue weighted by Gasteiger charge is 2.08. The Bertz CT molecular complexity index is 925. The van der Waals surface area contributed by atoms with E-state index in [-0.39, 0.29) is 6.10 Å². The van der Waals surface area contributed by atoms with Crippen LogP contribution in [-0.4, -0.2) is 11.2 Å². The quantitative estimate of drug-likeness (QED) is 0.462. The monoisotopic (exact) mass is 340 g/mol. The van der Waals surface area contributed by atoms with Crippen LogP contribution in [-0.2, 0) is 12.8 Å². The lowest BCUT2D eigenvalue weighted by molar-refractivity contribution is 0.155. The van der Waals surface area contributed by atoms with Crippen molar-refractivity contribution >= 4 is 21.5 Å². The molecule has 0 unspecified atom stereocenters. The van der Waals surface area contributed by atoms with Gasteiger partial charge in [0.25, 0.3) is 0 Å². The largest absolute Gasteiger partial charge is 0.393 e. The van der Waals surface area contributed by atoms with Gasteiger partial charge in [-0.1, -0.05) is 84.9 Å². The molecule has 0 fully saturated rings. The Morgan fingerprint density at radius 3 is 1.46 bits per heavy atom. The lowest BCUT2D eigenvalue weighted by Crippen LogP contribution is -2.09. The fourth-order valence-corrected chi connectivity index (χ4v) is 3.81. The van der Waals surface area contributed by atoms with E-state index in [1.807, 2.05) is 0 Å². The van der Waals surface area contributed by atoms with Crippen LogP contribution < -0.4 is 0 Å². The van der Waals surface area contributed by atoms with Crippen LogP contribution >= 0.6 is 0 Å². The molecule has 130 valence electrons. The molecule has 0 saturated heterocycles. The van der Waals surface area contributed by atoms with E-state index in [4.69, 9.17) is 0 Å². The molecule has 0 saturated carbocycles. The van der Waals surface area contributed by atoms with Gasteiger partial charge in [-0.15, -0.1) is 0 Å². The number of fused-ring (bicyclic) bond motifs is 2. The topological polar surface area (TPSA) is 20.2 Å². The zero-order chi connectivity index (χ0) is 17.8. The van der Waals surface area contributed by atoms with Crippen molar-refractivity contribution in [1.29, 1.82) is 0 Å². The number of rotatable bonds is 6. The molecule has 0 spiro atoms. The van der Waals surface area contributed by atoms with Crippen molar-refractivity contribution in [2.45, 2.75) is 31.8 Å². The van der Waals surface area contributed by atoms with E-state index in [1.165, 1.54) is 32.7 Å². The summed E-state index contributed by atoms with van der Waals surface area (Å²) in [4.78, 5) is 0. The minimum absolute atomic E-state index is 0.270. The third-order valence-electron chi connectivity index (χ3n) is 5.25. The normalized spacial score (nSPS) is 11.5. The Morgan fingerprint density at radius 2 is 0.962 bits per heavy atom. The Kier molecular flexibility index (Phi) is 4.99. The van der Waals surface area contributed by atoms with Crippen LogP contribution in [0, 0.1) is 0 Å². The van der Waals surface area contributed by atoms with Gasteiger partial charge >= 0.3 is 0 Å². The van der Waals surface area contributed by atoms with Crippen LogP contribution in [0.1, 0.15) is 24.0 Å². The molecule has 1 nitrogen and oxygen atoms in total. The summed E-state index contributed by atoms with van der Waals surface area (Å²) in [5, 5.41) is 15.7. The highest BCUT2D eigenvalue weighted by Crippen LogP contribution is 2.23. The van der Waals surface area contributed by atoms with Gasteiger partial charge in [-0.2, -0.15) is 0 Å². The minimum atomic E-state index is -0.270. The zero-order valence-electron chi connectivity index (χ0n) is 14.9. The van der Waals surface area contributed by atoms with Crippen molar-refractivity contribution in [2.24, 2.45) is 0 Å². The average molecular weight is 340 g/mol. The maximum absolute atomic E-state index is 10.5. The first kappa shape index (κ1) is 16.8. The highest BCUT2D eigenvalue weighted by atomic mass is 16.3. The Balaban J connectivity index is 1.40. The van der Waals surface area contributed by atoms with Gasteiger partial charge in [-0.25, -0.2) is 0 Å². The second kappa shape index (κ2) is 7.72. The first-order valence-electron chi connectivity index (χ1n) is 9.42. The van der Waals surface area contributed by atoms with E-state index in [0.29, 0.717) is 0 Å². The molecule has 0 aliphatic heterocycles. The summed E-state index contributed by atoms with van der Waals surface area (Å²) >= 11 is 0. The van der Waals surface area contributed by atoms with E-state index in [2.05, 4.69) is 84.9 Å². The van der Waals surface area contributed by atoms with Crippen molar-refractivity contribution < 1.29 is 5.11 Å². The number of aliphatic hydroxyl groups excluding tert-OH is 1. The summed E-state index contributed by atoms with van der Waals surface area (Å²) in [6.45, 7) is 0. The number of aliphatic hydroxyl groups is 1. The fraction of sp³-hybridized carbons (Fsp3) is 0.200. The first-order valence-corrected chi connectivity index (χ1v) is 9.42. The highest BCUT2D eigenvalue weighted by molar-refractivity contribution is 5.86. The smallest absolute Gasteiger partial charge is 0.0546 e. The van der Waals surface area contributed by atoms with Crippen molar-refractivity contribution in [3.63, 3.8) is 0 Å². The molecule has 0 bridgehead atoms. The summed E-state index contributed by atoms with van der Waals surface area (Å²) in [7, 11) is 0. The van der Waals surface area contributed by atoms with Gasteiger partial charge in [0.15, 0.2) is 0 Å². The average Bonchev–Trinajstić information content (AvgIpc) is 2.70. The standard InChI is InChI=1S/C25H24O/c26-23(17-15-21-11-5-9-19-7-1-3-13-24(19)21)18-16-22-12-6-10-20-8-2-4-14-25(20)22/h1-14,23,26H,15-18H2. The van der Waals surface area contributed by atoms with Crippen molar-refractivity contribution in [3.8, 4) is 0 Å². The van der Waals surface area contributed by atoms with Crippen molar-refractivity contribution in [3.05, 3.63) is 96.1 Å².